The molecule has 0 bridgehead atoms. The van der Waals surface area contributed by atoms with Gasteiger partial charge in [-0.3, -0.25) is 0 Å². The summed E-state index contributed by atoms with van der Waals surface area (Å²) >= 11 is 0. The molecule has 4 nitrogen and oxygen atoms in total. The Balaban J connectivity index is 1.98. The number of pyridine rings is 1. The Morgan fingerprint density at radius 3 is 2.75 bits per heavy atom. The number of hydrogen-bond donors (Lipinski definition) is 1. The van der Waals surface area contributed by atoms with Gasteiger partial charge in [-0.05, 0) is 36.1 Å². The van der Waals surface area contributed by atoms with Crippen molar-refractivity contribution in [2.75, 3.05) is 11.4 Å². The zero-order valence-electron chi connectivity index (χ0n) is 11.1. The quantitative estimate of drug-likeness (QED) is 0.910. The molecule has 4 heteroatoms. The Hall–Kier alpha value is -2.36. The van der Waals surface area contributed by atoms with Gasteiger partial charge in [-0.25, -0.2) is 9.78 Å². The van der Waals surface area contributed by atoms with Crippen molar-refractivity contribution in [3.8, 4) is 0 Å². The molecule has 1 aliphatic heterocycles. The van der Waals surface area contributed by atoms with E-state index < -0.39 is 5.97 Å². The highest BCUT2D eigenvalue weighted by atomic mass is 16.4. The van der Waals surface area contributed by atoms with Gasteiger partial charge in [0, 0.05) is 19.3 Å². The van der Waals surface area contributed by atoms with Crippen LogP contribution >= 0.6 is 0 Å². The summed E-state index contributed by atoms with van der Waals surface area (Å²) in [5.74, 6) is -0.359. The van der Waals surface area contributed by atoms with Gasteiger partial charge in [0.25, 0.3) is 0 Å². The van der Waals surface area contributed by atoms with E-state index >= 15 is 0 Å². The topological polar surface area (TPSA) is 53.4 Å². The molecule has 0 saturated heterocycles. The minimum Gasteiger partial charge on any atom is -0.478 e. The number of fused-ring (bicyclic) bond motifs is 1. The third kappa shape index (κ3) is 2.37. The molecule has 102 valence electrons. The zero-order chi connectivity index (χ0) is 13.9. The molecule has 2 heterocycles. The molecule has 0 unspecified atom stereocenters. The molecule has 0 atom stereocenters. The predicted molar refractivity (Wildman–Crippen MR) is 77.0 cm³/mol. The number of aryl methyl sites for hydroxylation is 1. The fourth-order valence-corrected chi connectivity index (χ4v) is 2.70. The van der Waals surface area contributed by atoms with Gasteiger partial charge in [-0.15, -0.1) is 0 Å². The minimum atomic E-state index is -0.925. The van der Waals surface area contributed by atoms with Gasteiger partial charge in [0.15, 0.2) is 0 Å². The highest BCUT2D eigenvalue weighted by Crippen LogP contribution is 2.24. The molecular weight excluding hydrogens is 252 g/mol. The average Bonchev–Trinajstić information content (AvgIpc) is 2.69. The number of nitrogens with zero attached hydrogens (tertiary/aromatic N) is 2. The van der Waals surface area contributed by atoms with Gasteiger partial charge in [0.2, 0.25) is 0 Å². The van der Waals surface area contributed by atoms with Crippen LogP contribution in [0.1, 0.15) is 27.9 Å². The summed E-state index contributed by atoms with van der Waals surface area (Å²) in [4.78, 5) is 17.7. The highest BCUT2D eigenvalue weighted by molar-refractivity contribution is 5.93. The van der Waals surface area contributed by atoms with E-state index in [4.69, 9.17) is 0 Å². The first-order chi connectivity index (χ1) is 9.75. The summed E-state index contributed by atoms with van der Waals surface area (Å²) in [6, 6.07) is 11.6. The third-order valence-electron chi connectivity index (χ3n) is 3.67. The smallest absolute Gasteiger partial charge is 0.339 e. The number of anilines is 1. The second-order valence-electron chi connectivity index (χ2n) is 4.97. The lowest BCUT2D eigenvalue weighted by Gasteiger charge is -2.23. The number of carboxylic acid groups (broad SMARTS) is 1. The van der Waals surface area contributed by atoms with Crippen molar-refractivity contribution < 1.29 is 9.90 Å². The number of carbonyl (C=O) groups is 1. The molecule has 1 aliphatic rings. The van der Waals surface area contributed by atoms with E-state index in [0.717, 1.165) is 19.4 Å². The van der Waals surface area contributed by atoms with Crippen LogP contribution in [0.4, 0.5) is 5.82 Å². The third-order valence-corrected chi connectivity index (χ3v) is 3.67. The van der Waals surface area contributed by atoms with Crippen LogP contribution in [-0.4, -0.2) is 22.6 Å². The van der Waals surface area contributed by atoms with E-state index in [2.05, 4.69) is 28.1 Å². The van der Waals surface area contributed by atoms with Crippen molar-refractivity contribution in [2.45, 2.75) is 19.4 Å². The Morgan fingerprint density at radius 1 is 1.15 bits per heavy atom. The molecule has 0 amide bonds. The fourth-order valence-electron chi connectivity index (χ4n) is 2.70. The van der Waals surface area contributed by atoms with Crippen LogP contribution in [0.3, 0.4) is 0 Å². The maximum Gasteiger partial charge on any atom is 0.339 e. The molecule has 0 radical (unpaired) electrons. The number of carboxylic acids is 1. The molecule has 3 rings (SSSR count). The molecule has 1 N–H and O–H groups in total. The van der Waals surface area contributed by atoms with E-state index in [1.54, 1.807) is 18.3 Å². The highest BCUT2D eigenvalue weighted by Gasteiger charge is 2.20. The number of aromatic nitrogens is 1. The summed E-state index contributed by atoms with van der Waals surface area (Å²) in [7, 11) is 0. The second kappa shape index (κ2) is 5.33. The van der Waals surface area contributed by atoms with Gasteiger partial charge >= 0.3 is 5.97 Å². The van der Waals surface area contributed by atoms with Crippen molar-refractivity contribution in [3.05, 3.63) is 59.3 Å². The van der Waals surface area contributed by atoms with Gasteiger partial charge in [0.05, 0.1) is 0 Å². The summed E-state index contributed by atoms with van der Waals surface area (Å²) in [6.45, 7) is 1.54. The fraction of sp³-hybridized carbons (Fsp3) is 0.250. The molecular formula is C16H16N2O2. The molecule has 1 aromatic carbocycles. The predicted octanol–water partition coefficient (Wildman–Crippen LogP) is 2.73. The number of benzene rings is 1. The molecule has 0 fully saturated rings. The largest absolute Gasteiger partial charge is 0.478 e. The van der Waals surface area contributed by atoms with Gasteiger partial charge in [-0.2, -0.15) is 0 Å². The summed E-state index contributed by atoms with van der Waals surface area (Å²) in [5.41, 5.74) is 2.88. The molecule has 0 saturated carbocycles. The van der Waals surface area contributed by atoms with Crippen LogP contribution in [-0.2, 0) is 13.0 Å². The average molecular weight is 268 g/mol. The lowest BCUT2D eigenvalue weighted by molar-refractivity contribution is 0.0697. The van der Waals surface area contributed by atoms with Crippen LogP contribution in [0.2, 0.25) is 0 Å². The SMILES string of the molecule is O=C(O)c1cccnc1N1CCCc2ccccc2C1. The normalized spacial score (nSPS) is 14.5. The van der Waals surface area contributed by atoms with Crippen molar-refractivity contribution >= 4 is 11.8 Å². The monoisotopic (exact) mass is 268 g/mol. The van der Waals surface area contributed by atoms with Gasteiger partial charge < -0.3 is 10.0 Å². The van der Waals surface area contributed by atoms with E-state index in [1.165, 1.54) is 11.1 Å². The van der Waals surface area contributed by atoms with Crippen molar-refractivity contribution in [2.24, 2.45) is 0 Å². The molecule has 1 aromatic heterocycles. The first-order valence-corrected chi connectivity index (χ1v) is 6.76. The van der Waals surface area contributed by atoms with E-state index in [1.807, 2.05) is 6.07 Å². The summed E-state index contributed by atoms with van der Waals surface area (Å²) in [6.07, 6.45) is 3.69. The second-order valence-corrected chi connectivity index (χ2v) is 4.97. The Morgan fingerprint density at radius 2 is 1.95 bits per heavy atom. The van der Waals surface area contributed by atoms with Crippen molar-refractivity contribution in [3.63, 3.8) is 0 Å². The van der Waals surface area contributed by atoms with Crippen LogP contribution in [0, 0.1) is 0 Å². The van der Waals surface area contributed by atoms with Crippen molar-refractivity contribution in [1.29, 1.82) is 0 Å². The molecule has 0 aliphatic carbocycles. The van der Waals surface area contributed by atoms with E-state index in [9.17, 15) is 9.90 Å². The molecule has 2 aromatic rings. The Kier molecular flexibility index (Phi) is 3.37. The standard InChI is InChI=1S/C16H16N2O2/c19-16(20)14-8-3-9-17-15(14)18-10-4-7-12-5-1-2-6-13(12)11-18/h1-3,5-6,8-9H,4,7,10-11H2,(H,19,20). The van der Waals surface area contributed by atoms with E-state index in [-0.39, 0.29) is 5.56 Å². The van der Waals surface area contributed by atoms with Crippen LogP contribution < -0.4 is 4.90 Å². The Bertz CT molecular complexity index is 640. The maximum atomic E-state index is 11.3. The molecule has 0 spiro atoms. The minimum absolute atomic E-state index is 0.270. The van der Waals surface area contributed by atoms with Gasteiger partial charge in [-0.1, -0.05) is 24.3 Å². The van der Waals surface area contributed by atoms with E-state index in [0.29, 0.717) is 12.4 Å². The Labute approximate surface area is 117 Å². The lowest BCUT2D eigenvalue weighted by Crippen LogP contribution is -2.25. The van der Waals surface area contributed by atoms with Crippen LogP contribution in [0.25, 0.3) is 0 Å². The maximum absolute atomic E-state index is 11.3. The lowest BCUT2D eigenvalue weighted by atomic mass is 10.0. The van der Waals surface area contributed by atoms with Crippen LogP contribution in [0.15, 0.2) is 42.6 Å². The molecule has 20 heavy (non-hydrogen) atoms. The number of aromatic carboxylic acids is 1. The number of hydrogen-bond acceptors (Lipinski definition) is 3. The summed E-state index contributed by atoms with van der Waals surface area (Å²) in [5, 5.41) is 9.30. The van der Waals surface area contributed by atoms with Crippen molar-refractivity contribution in [1.82, 2.24) is 4.98 Å². The zero-order valence-corrected chi connectivity index (χ0v) is 11.1. The van der Waals surface area contributed by atoms with Gasteiger partial charge in [0.1, 0.15) is 11.4 Å². The first-order valence-electron chi connectivity index (χ1n) is 6.76. The van der Waals surface area contributed by atoms with Crippen LogP contribution in [0.5, 0.6) is 0 Å². The summed E-state index contributed by atoms with van der Waals surface area (Å²) < 4.78 is 0. The number of rotatable bonds is 2. The first kappa shape index (κ1) is 12.7.